The first kappa shape index (κ1) is 14.3. The second-order valence-electron chi connectivity index (χ2n) is 4.95. The van der Waals surface area contributed by atoms with Crippen molar-refractivity contribution in [2.75, 3.05) is 13.6 Å². The van der Waals surface area contributed by atoms with Gasteiger partial charge in [-0.2, -0.15) is 0 Å². The lowest BCUT2D eigenvalue weighted by atomic mass is 10.1. The van der Waals surface area contributed by atoms with Gasteiger partial charge in [-0.05, 0) is 31.5 Å². The Labute approximate surface area is 117 Å². The largest absolute Gasteiger partial charge is 0.479 e. The van der Waals surface area contributed by atoms with Gasteiger partial charge in [0.1, 0.15) is 0 Å². The second-order valence-corrected chi connectivity index (χ2v) is 5.36. The lowest BCUT2D eigenvalue weighted by Gasteiger charge is -2.21. The van der Waals surface area contributed by atoms with Crippen LogP contribution >= 0.6 is 11.6 Å². The van der Waals surface area contributed by atoms with E-state index in [2.05, 4.69) is 4.90 Å². The molecular weight excluding hydrogens is 266 g/mol. The number of likely N-dealkylation sites (N-methyl/N-ethyl adjacent to an activating group) is 1. The summed E-state index contributed by atoms with van der Waals surface area (Å²) in [5, 5.41) is 9.64. The molecule has 1 heterocycles. The number of aliphatic carboxylic acids is 1. The number of nitrogens with zero attached hydrogens (tertiary/aromatic N) is 1. The molecule has 1 aliphatic rings. The molecule has 0 spiro atoms. The van der Waals surface area contributed by atoms with Gasteiger partial charge in [-0.1, -0.05) is 29.8 Å². The van der Waals surface area contributed by atoms with Gasteiger partial charge in [-0.3, -0.25) is 4.90 Å². The van der Waals surface area contributed by atoms with E-state index in [1.165, 1.54) is 0 Å². The monoisotopic (exact) mass is 283 g/mol. The van der Waals surface area contributed by atoms with Crippen LogP contribution in [0.4, 0.5) is 0 Å². The number of carboxylic acid groups (broad SMARTS) is 1. The maximum absolute atomic E-state index is 10.8. The molecule has 1 aromatic rings. The summed E-state index contributed by atoms with van der Waals surface area (Å²) in [6, 6.07) is 7.73. The Bertz CT molecular complexity index is 452. The molecule has 19 heavy (non-hydrogen) atoms. The minimum Gasteiger partial charge on any atom is -0.479 e. The highest BCUT2D eigenvalue weighted by Gasteiger charge is 2.30. The minimum absolute atomic E-state index is 0.00594. The van der Waals surface area contributed by atoms with Crippen LogP contribution in [0.5, 0.6) is 0 Å². The highest BCUT2D eigenvalue weighted by molar-refractivity contribution is 6.31. The van der Waals surface area contributed by atoms with Crippen LogP contribution in [0.1, 0.15) is 18.4 Å². The number of carboxylic acids is 1. The smallest absolute Gasteiger partial charge is 0.332 e. The van der Waals surface area contributed by atoms with E-state index in [0.717, 1.165) is 30.1 Å². The van der Waals surface area contributed by atoms with Gasteiger partial charge in [0, 0.05) is 18.1 Å². The van der Waals surface area contributed by atoms with E-state index in [1.54, 1.807) is 0 Å². The molecule has 5 heteroatoms. The Kier molecular flexibility index (Phi) is 4.80. The van der Waals surface area contributed by atoms with Crippen molar-refractivity contribution in [1.29, 1.82) is 0 Å². The summed E-state index contributed by atoms with van der Waals surface area (Å²) in [7, 11) is 1.99. The number of benzene rings is 1. The van der Waals surface area contributed by atoms with Crippen molar-refractivity contribution in [3.05, 3.63) is 34.9 Å². The van der Waals surface area contributed by atoms with Crippen LogP contribution in [0.25, 0.3) is 0 Å². The summed E-state index contributed by atoms with van der Waals surface area (Å²) in [6.07, 6.45) is 0.747. The molecule has 1 saturated heterocycles. The van der Waals surface area contributed by atoms with Crippen molar-refractivity contribution in [2.45, 2.75) is 31.6 Å². The summed E-state index contributed by atoms with van der Waals surface area (Å²) in [6.45, 7) is 1.45. The predicted octanol–water partition coefficient (Wildman–Crippen LogP) is 2.40. The predicted molar refractivity (Wildman–Crippen MR) is 73.3 cm³/mol. The van der Waals surface area contributed by atoms with E-state index >= 15 is 0 Å². The van der Waals surface area contributed by atoms with Gasteiger partial charge in [0.05, 0.1) is 6.10 Å². The Morgan fingerprint density at radius 1 is 1.47 bits per heavy atom. The lowest BCUT2D eigenvalue weighted by Crippen LogP contribution is -2.30. The molecule has 2 unspecified atom stereocenters. The van der Waals surface area contributed by atoms with Crippen molar-refractivity contribution >= 4 is 17.6 Å². The first-order valence-electron chi connectivity index (χ1n) is 6.36. The Balaban J connectivity index is 1.84. The third kappa shape index (κ3) is 3.93. The third-order valence-electron chi connectivity index (χ3n) is 3.30. The summed E-state index contributed by atoms with van der Waals surface area (Å²) in [5.74, 6) is -0.865. The van der Waals surface area contributed by atoms with Crippen molar-refractivity contribution in [3.63, 3.8) is 0 Å². The molecule has 0 aromatic heterocycles. The van der Waals surface area contributed by atoms with E-state index in [-0.39, 0.29) is 6.10 Å². The van der Waals surface area contributed by atoms with E-state index in [1.807, 2.05) is 31.3 Å². The third-order valence-corrected chi connectivity index (χ3v) is 3.67. The van der Waals surface area contributed by atoms with Crippen LogP contribution in [-0.4, -0.2) is 41.8 Å². The average molecular weight is 284 g/mol. The highest BCUT2D eigenvalue weighted by Crippen LogP contribution is 2.22. The zero-order valence-electron chi connectivity index (χ0n) is 10.9. The molecule has 4 nitrogen and oxygen atoms in total. The van der Waals surface area contributed by atoms with Gasteiger partial charge in [0.25, 0.3) is 0 Å². The zero-order chi connectivity index (χ0) is 13.8. The molecular formula is C14H18ClNO3. The molecule has 104 valence electrons. The molecule has 0 radical (unpaired) electrons. The molecule has 2 atom stereocenters. The van der Waals surface area contributed by atoms with Crippen molar-refractivity contribution in [3.8, 4) is 0 Å². The topological polar surface area (TPSA) is 49.8 Å². The molecule has 0 bridgehead atoms. The van der Waals surface area contributed by atoms with Gasteiger partial charge in [-0.15, -0.1) is 0 Å². The maximum atomic E-state index is 10.8. The Morgan fingerprint density at radius 3 is 2.84 bits per heavy atom. The summed E-state index contributed by atoms with van der Waals surface area (Å²) >= 11 is 6.11. The fourth-order valence-electron chi connectivity index (χ4n) is 2.35. The van der Waals surface area contributed by atoms with E-state index < -0.39 is 12.1 Å². The van der Waals surface area contributed by atoms with Crippen molar-refractivity contribution in [1.82, 2.24) is 4.90 Å². The molecule has 0 aliphatic carbocycles. The summed E-state index contributed by atoms with van der Waals surface area (Å²) < 4.78 is 5.49. The van der Waals surface area contributed by atoms with Crippen molar-refractivity contribution in [2.24, 2.45) is 0 Å². The molecule has 0 saturated carbocycles. The first-order valence-corrected chi connectivity index (χ1v) is 6.74. The average Bonchev–Trinajstić information content (AvgIpc) is 2.80. The van der Waals surface area contributed by atoms with Crippen LogP contribution in [-0.2, 0) is 16.1 Å². The van der Waals surface area contributed by atoms with E-state index in [4.69, 9.17) is 21.4 Å². The fraction of sp³-hybridized carbons (Fsp3) is 0.500. The fourth-order valence-corrected chi connectivity index (χ4v) is 2.55. The van der Waals surface area contributed by atoms with E-state index in [9.17, 15) is 4.79 Å². The maximum Gasteiger partial charge on any atom is 0.332 e. The first-order chi connectivity index (χ1) is 9.06. The van der Waals surface area contributed by atoms with Crippen LogP contribution in [0.3, 0.4) is 0 Å². The Morgan fingerprint density at radius 2 is 2.21 bits per heavy atom. The quantitative estimate of drug-likeness (QED) is 0.901. The minimum atomic E-state index is -0.865. The van der Waals surface area contributed by atoms with Gasteiger partial charge in [0.15, 0.2) is 6.10 Å². The SMILES string of the molecule is CN(Cc1ccccc1Cl)CC1CCC(C(=O)O)O1. The van der Waals surface area contributed by atoms with Crippen LogP contribution < -0.4 is 0 Å². The molecule has 1 aromatic carbocycles. The van der Waals surface area contributed by atoms with Gasteiger partial charge in [-0.25, -0.2) is 4.79 Å². The number of rotatable bonds is 5. The van der Waals surface area contributed by atoms with Gasteiger partial charge >= 0.3 is 5.97 Å². The second kappa shape index (κ2) is 6.37. The molecule has 0 amide bonds. The highest BCUT2D eigenvalue weighted by atomic mass is 35.5. The summed E-state index contributed by atoms with van der Waals surface area (Å²) in [4.78, 5) is 12.9. The van der Waals surface area contributed by atoms with Crippen LogP contribution in [0.15, 0.2) is 24.3 Å². The zero-order valence-corrected chi connectivity index (χ0v) is 11.6. The van der Waals surface area contributed by atoms with Crippen molar-refractivity contribution < 1.29 is 14.6 Å². The van der Waals surface area contributed by atoms with E-state index in [0.29, 0.717) is 6.42 Å². The Hall–Kier alpha value is -1.10. The molecule has 2 rings (SSSR count). The van der Waals surface area contributed by atoms with Crippen LogP contribution in [0.2, 0.25) is 5.02 Å². The van der Waals surface area contributed by atoms with Gasteiger partial charge < -0.3 is 9.84 Å². The lowest BCUT2D eigenvalue weighted by molar-refractivity contribution is -0.149. The number of carbonyl (C=O) groups is 1. The van der Waals surface area contributed by atoms with Gasteiger partial charge in [0.2, 0.25) is 0 Å². The standard InChI is InChI=1S/C14H18ClNO3/c1-16(8-10-4-2-3-5-12(10)15)9-11-6-7-13(19-11)14(17)18/h2-5,11,13H,6-9H2,1H3,(H,17,18). The number of halogens is 1. The number of hydrogen-bond donors (Lipinski definition) is 1. The number of ether oxygens (including phenoxy) is 1. The normalized spacial score (nSPS) is 22.9. The number of hydrogen-bond acceptors (Lipinski definition) is 3. The molecule has 1 fully saturated rings. The molecule has 1 N–H and O–H groups in total. The molecule has 1 aliphatic heterocycles. The van der Waals surface area contributed by atoms with Crippen LogP contribution in [0, 0.1) is 0 Å². The summed E-state index contributed by atoms with van der Waals surface area (Å²) in [5.41, 5.74) is 1.07.